The van der Waals surface area contributed by atoms with Gasteiger partial charge in [0.25, 0.3) is 0 Å². The maximum atomic E-state index is 13.6. The predicted octanol–water partition coefficient (Wildman–Crippen LogP) is 3.28. The molecule has 2 aliphatic heterocycles. The summed E-state index contributed by atoms with van der Waals surface area (Å²) < 4.78 is 5.61. The van der Waals surface area contributed by atoms with E-state index in [1.54, 1.807) is 11.8 Å². The molecule has 6 heteroatoms. The summed E-state index contributed by atoms with van der Waals surface area (Å²) in [6.07, 6.45) is 5.10. The summed E-state index contributed by atoms with van der Waals surface area (Å²) in [6, 6.07) is 11.7. The first-order valence-corrected chi connectivity index (χ1v) is 10.2. The minimum atomic E-state index is -0.851. The first-order chi connectivity index (χ1) is 13.6. The van der Waals surface area contributed by atoms with Gasteiger partial charge in [-0.15, -0.1) is 0 Å². The lowest BCUT2D eigenvalue weighted by Crippen LogP contribution is -2.60. The summed E-state index contributed by atoms with van der Waals surface area (Å²) in [4.78, 5) is 29.7. The van der Waals surface area contributed by atoms with Crippen LogP contribution in [0.1, 0.15) is 44.8 Å². The van der Waals surface area contributed by atoms with Crippen LogP contribution in [0, 0.1) is 0 Å². The van der Waals surface area contributed by atoms with Crippen molar-refractivity contribution in [3.63, 3.8) is 0 Å². The van der Waals surface area contributed by atoms with Gasteiger partial charge in [-0.3, -0.25) is 9.59 Å². The van der Waals surface area contributed by atoms with Gasteiger partial charge in [-0.2, -0.15) is 0 Å². The molecule has 2 aliphatic rings. The van der Waals surface area contributed by atoms with E-state index < -0.39 is 5.54 Å². The van der Waals surface area contributed by atoms with Gasteiger partial charge in [0, 0.05) is 44.6 Å². The molecule has 2 fully saturated rings. The molecule has 0 aliphatic carbocycles. The number of benzene rings is 1. The normalized spacial score (nSPS) is 22.5. The number of aromatic nitrogens is 1. The van der Waals surface area contributed by atoms with Gasteiger partial charge in [0.1, 0.15) is 17.0 Å². The lowest BCUT2D eigenvalue weighted by Gasteiger charge is -2.41. The van der Waals surface area contributed by atoms with Gasteiger partial charge in [-0.25, -0.2) is 0 Å². The molecule has 4 rings (SSSR count). The zero-order chi connectivity index (χ0) is 19.6. The molecule has 2 aromatic rings. The van der Waals surface area contributed by atoms with Crippen LogP contribution in [-0.4, -0.2) is 51.9 Å². The van der Waals surface area contributed by atoms with Crippen LogP contribution in [0.3, 0.4) is 0 Å². The zero-order valence-electron chi connectivity index (χ0n) is 16.4. The Morgan fingerprint density at radius 1 is 1.07 bits per heavy atom. The van der Waals surface area contributed by atoms with Crippen molar-refractivity contribution in [2.24, 2.45) is 0 Å². The molecule has 148 valence electrons. The van der Waals surface area contributed by atoms with E-state index in [-0.39, 0.29) is 11.8 Å². The summed E-state index contributed by atoms with van der Waals surface area (Å²) in [7, 11) is 0. The smallest absolute Gasteiger partial charge is 0.249 e. The van der Waals surface area contributed by atoms with Crippen molar-refractivity contribution in [3.8, 4) is 11.3 Å². The Morgan fingerprint density at radius 3 is 2.54 bits per heavy atom. The molecule has 0 spiro atoms. The quantitative estimate of drug-likeness (QED) is 0.815. The minimum absolute atomic E-state index is 0.0503. The van der Waals surface area contributed by atoms with Gasteiger partial charge in [0.15, 0.2) is 0 Å². The molecule has 1 aromatic heterocycles. The van der Waals surface area contributed by atoms with E-state index >= 15 is 0 Å². The van der Waals surface area contributed by atoms with Crippen LogP contribution in [0.25, 0.3) is 11.3 Å². The Bertz CT molecular complexity index is 842. The fourth-order valence-electron chi connectivity index (χ4n) is 4.64. The van der Waals surface area contributed by atoms with E-state index in [2.05, 4.69) is 5.16 Å². The van der Waals surface area contributed by atoms with Gasteiger partial charge in [0.2, 0.25) is 11.8 Å². The average molecular weight is 381 g/mol. The standard InChI is InChI=1S/C22H27N3O3/c1-17(26)25-14-8-11-22(25,21(27)24-12-6-3-7-13-24)16-19-15-20(23-28-19)18-9-4-2-5-10-18/h2,4-5,9-10,15H,3,6-8,11-14,16H2,1H3/t22-/m0/s1. The second kappa shape index (κ2) is 7.78. The summed E-state index contributed by atoms with van der Waals surface area (Å²) >= 11 is 0. The third-order valence-corrected chi connectivity index (χ3v) is 6.01. The van der Waals surface area contributed by atoms with Crippen molar-refractivity contribution in [3.05, 3.63) is 42.2 Å². The van der Waals surface area contributed by atoms with Crippen LogP contribution < -0.4 is 0 Å². The fourth-order valence-corrected chi connectivity index (χ4v) is 4.64. The second-order valence-electron chi connectivity index (χ2n) is 7.88. The Morgan fingerprint density at radius 2 is 1.82 bits per heavy atom. The highest BCUT2D eigenvalue weighted by Gasteiger charge is 2.51. The summed E-state index contributed by atoms with van der Waals surface area (Å²) in [5, 5.41) is 4.20. The molecule has 0 saturated carbocycles. The number of hydrogen-bond donors (Lipinski definition) is 0. The molecule has 1 aromatic carbocycles. The highest BCUT2D eigenvalue weighted by Crippen LogP contribution is 2.36. The Hall–Kier alpha value is -2.63. The first kappa shape index (κ1) is 18.7. The number of carbonyl (C=O) groups is 2. The van der Waals surface area contributed by atoms with E-state index in [9.17, 15) is 9.59 Å². The average Bonchev–Trinajstić information content (AvgIpc) is 3.37. The predicted molar refractivity (Wildman–Crippen MR) is 105 cm³/mol. The fraction of sp³-hybridized carbons (Fsp3) is 0.500. The SMILES string of the molecule is CC(=O)N1CCC[C@]1(Cc1cc(-c2ccccc2)no1)C(=O)N1CCCCC1. The van der Waals surface area contributed by atoms with Gasteiger partial charge in [-0.05, 0) is 32.1 Å². The number of hydrogen-bond acceptors (Lipinski definition) is 4. The summed E-state index contributed by atoms with van der Waals surface area (Å²) in [5.74, 6) is 0.667. The van der Waals surface area contributed by atoms with Crippen molar-refractivity contribution < 1.29 is 14.1 Å². The van der Waals surface area contributed by atoms with E-state index in [1.165, 1.54) is 0 Å². The maximum absolute atomic E-state index is 13.6. The highest BCUT2D eigenvalue weighted by atomic mass is 16.5. The molecule has 0 radical (unpaired) electrons. The third-order valence-electron chi connectivity index (χ3n) is 6.01. The number of nitrogens with zero attached hydrogens (tertiary/aromatic N) is 3. The minimum Gasteiger partial charge on any atom is -0.361 e. The summed E-state index contributed by atoms with van der Waals surface area (Å²) in [6.45, 7) is 3.73. The second-order valence-corrected chi connectivity index (χ2v) is 7.88. The number of piperidine rings is 1. The van der Waals surface area contributed by atoms with Gasteiger partial charge in [0.05, 0.1) is 0 Å². The highest BCUT2D eigenvalue weighted by molar-refractivity contribution is 5.92. The van der Waals surface area contributed by atoms with E-state index in [0.717, 1.165) is 50.0 Å². The van der Waals surface area contributed by atoms with Crippen LogP contribution >= 0.6 is 0 Å². The van der Waals surface area contributed by atoms with Crippen LogP contribution in [0.4, 0.5) is 0 Å². The Balaban J connectivity index is 1.64. The molecular weight excluding hydrogens is 354 g/mol. The molecular formula is C22H27N3O3. The van der Waals surface area contributed by atoms with Crippen molar-refractivity contribution in [2.75, 3.05) is 19.6 Å². The molecule has 0 bridgehead atoms. The molecule has 3 heterocycles. The topological polar surface area (TPSA) is 66.7 Å². The molecule has 2 amide bonds. The number of carbonyl (C=O) groups excluding carboxylic acids is 2. The van der Waals surface area contributed by atoms with Crippen molar-refractivity contribution in [1.29, 1.82) is 0 Å². The van der Waals surface area contributed by atoms with Crippen LogP contribution in [0.5, 0.6) is 0 Å². The van der Waals surface area contributed by atoms with Gasteiger partial charge < -0.3 is 14.3 Å². The Labute approximate surface area is 165 Å². The molecule has 1 atom stereocenters. The lowest BCUT2D eigenvalue weighted by atomic mass is 9.87. The molecule has 2 saturated heterocycles. The molecule has 0 N–H and O–H groups in total. The Kier molecular flexibility index (Phi) is 5.20. The number of rotatable bonds is 4. The van der Waals surface area contributed by atoms with Gasteiger partial charge in [-0.1, -0.05) is 35.5 Å². The monoisotopic (exact) mass is 381 g/mol. The largest absolute Gasteiger partial charge is 0.361 e. The van der Waals surface area contributed by atoms with Crippen molar-refractivity contribution in [1.82, 2.24) is 15.0 Å². The van der Waals surface area contributed by atoms with Gasteiger partial charge >= 0.3 is 0 Å². The molecule has 28 heavy (non-hydrogen) atoms. The van der Waals surface area contributed by atoms with E-state index in [0.29, 0.717) is 25.1 Å². The number of likely N-dealkylation sites (tertiary alicyclic amines) is 2. The van der Waals surface area contributed by atoms with E-state index in [1.807, 2.05) is 41.3 Å². The van der Waals surface area contributed by atoms with Crippen molar-refractivity contribution >= 4 is 11.8 Å². The first-order valence-electron chi connectivity index (χ1n) is 10.2. The maximum Gasteiger partial charge on any atom is 0.249 e. The zero-order valence-corrected chi connectivity index (χ0v) is 16.4. The van der Waals surface area contributed by atoms with E-state index in [4.69, 9.17) is 4.52 Å². The molecule has 6 nitrogen and oxygen atoms in total. The van der Waals surface area contributed by atoms with Crippen LogP contribution in [0.15, 0.2) is 40.9 Å². The lowest BCUT2D eigenvalue weighted by molar-refractivity contribution is -0.151. The third kappa shape index (κ3) is 3.43. The van der Waals surface area contributed by atoms with Crippen molar-refractivity contribution in [2.45, 2.75) is 51.0 Å². The molecule has 0 unspecified atom stereocenters. The van der Waals surface area contributed by atoms with Crippen LogP contribution in [-0.2, 0) is 16.0 Å². The summed E-state index contributed by atoms with van der Waals surface area (Å²) in [5.41, 5.74) is 0.878. The number of amides is 2. The van der Waals surface area contributed by atoms with Crippen LogP contribution in [0.2, 0.25) is 0 Å².